The van der Waals surface area contributed by atoms with E-state index in [9.17, 15) is 14.5 Å². The molecule has 1 heterocycles. The van der Waals surface area contributed by atoms with Gasteiger partial charge in [0.2, 0.25) is 5.75 Å². The maximum Gasteiger partial charge on any atom is 0.406 e. The van der Waals surface area contributed by atoms with E-state index in [1.54, 1.807) is 25.1 Å². The van der Waals surface area contributed by atoms with Gasteiger partial charge in [-0.2, -0.15) is 0 Å². The first-order valence-electron chi connectivity index (χ1n) is 5.59. The van der Waals surface area contributed by atoms with E-state index in [-0.39, 0.29) is 17.4 Å². The summed E-state index contributed by atoms with van der Waals surface area (Å²) in [6, 6.07) is 8.80. The molecule has 0 saturated carbocycles. The predicted molar refractivity (Wildman–Crippen MR) is 66.3 cm³/mol. The minimum Gasteiger partial charge on any atom is -0.478 e. The number of benzene rings is 1. The third-order valence-corrected chi connectivity index (χ3v) is 2.57. The number of hydrogen-bond acceptors (Lipinski definition) is 4. The molecule has 0 spiro atoms. The topological polar surface area (TPSA) is 65.3 Å². The molecule has 1 atom stereocenters. The molecular formula is C13H11FN2O3. The van der Waals surface area contributed by atoms with Gasteiger partial charge in [-0.05, 0) is 46.7 Å². The second kappa shape index (κ2) is 5.43. The fourth-order valence-electron chi connectivity index (χ4n) is 1.60. The van der Waals surface area contributed by atoms with E-state index in [1.165, 1.54) is 24.4 Å². The van der Waals surface area contributed by atoms with E-state index in [4.69, 9.17) is 4.74 Å². The number of nitrogens with zero attached hydrogens (tertiary/aromatic N) is 2. The molecule has 98 valence electrons. The van der Waals surface area contributed by atoms with Gasteiger partial charge in [0.15, 0.2) is 0 Å². The summed E-state index contributed by atoms with van der Waals surface area (Å²) in [6.07, 6.45) is 0.886. The Morgan fingerprint density at radius 2 is 2.00 bits per heavy atom. The summed E-state index contributed by atoms with van der Waals surface area (Å²) in [4.78, 5) is 13.8. The van der Waals surface area contributed by atoms with Crippen LogP contribution >= 0.6 is 0 Å². The van der Waals surface area contributed by atoms with Gasteiger partial charge in [0, 0.05) is 0 Å². The number of ether oxygens (including phenoxy) is 1. The third-order valence-electron chi connectivity index (χ3n) is 2.57. The Morgan fingerprint density at radius 3 is 2.63 bits per heavy atom. The van der Waals surface area contributed by atoms with Crippen LogP contribution in [0.1, 0.15) is 18.6 Å². The number of nitro groups is 1. The van der Waals surface area contributed by atoms with E-state index in [1.807, 2.05) is 0 Å². The Balaban J connectivity index is 2.21. The second-order valence-electron chi connectivity index (χ2n) is 3.89. The van der Waals surface area contributed by atoms with Gasteiger partial charge in [0.05, 0.1) is 0 Å². The van der Waals surface area contributed by atoms with Crippen LogP contribution in [0.4, 0.5) is 10.2 Å². The number of pyridine rings is 1. The summed E-state index contributed by atoms with van der Waals surface area (Å²) in [5, 5.41) is 10.8. The lowest BCUT2D eigenvalue weighted by Gasteiger charge is -2.14. The summed E-state index contributed by atoms with van der Waals surface area (Å²) >= 11 is 0. The molecule has 0 radical (unpaired) electrons. The van der Waals surface area contributed by atoms with Crippen LogP contribution in [0.5, 0.6) is 5.75 Å². The molecular weight excluding hydrogens is 251 g/mol. The molecule has 1 aromatic carbocycles. The number of rotatable bonds is 4. The van der Waals surface area contributed by atoms with Crippen LogP contribution in [0.15, 0.2) is 42.6 Å². The quantitative estimate of drug-likeness (QED) is 0.626. The van der Waals surface area contributed by atoms with Crippen LogP contribution in [-0.4, -0.2) is 9.91 Å². The average molecular weight is 262 g/mol. The van der Waals surface area contributed by atoms with E-state index >= 15 is 0 Å². The molecule has 5 nitrogen and oxygen atoms in total. The molecule has 0 amide bonds. The summed E-state index contributed by atoms with van der Waals surface area (Å²) in [5.74, 6) is -0.593. The van der Waals surface area contributed by atoms with Crippen molar-refractivity contribution in [3.8, 4) is 5.75 Å². The second-order valence-corrected chi connectivity index (χ2v) is 3.89. The van der Waals surface area contributed by atoms with Crippen LogP contribution in [0.3, 0.4) is 0 Å². The number of aromatic nitrogens is 1. The average Bonchev–Trinajstić information content (AvgIpc) is 2.39. The SMILES string of the molecule is C[C@@H](Oc1cccnc1[N+](=O)[O-])c1ccc(F)cc1. The predicted octanol–water partition coefficient (Wildman–Crippen LogP) is 3.27. The minimum atomic E-state index is -0.604. The maximum atomic E-state index is 12.8. The van der Waals surface area contributed by atoms with Crippen molar-refractivity contribution in [1.82, 2.24) is 4.98 Å². The van der Waals surface area contributed by atoms with Crippen molar-refractivity contribution in [2.45, 2.75) is 13.0 Å². The van der Waals surface area contributed by atoms with E-state index in [2.05, 4.69) is 4.98 Å². The molecule has 0 fully saturated rings. The number of halogens is 1. The Labute approximate surface area is 108 Å². The van der Waals surface area contributed by atoms with Crippen LogP contribution in [0.2, 0.25) is 0 Å². The van der Waals surface area contributed by atoms with E-state index in [0.717, 1.165) is 5.56 Å². The normalized spacial score (nSPS) is 11.9. The molecule has 19 heavy (non-hydrogen) atoms. The van der Waals surface area contributed by atoms with Gasteiger partial charge in [-0.1, -0.05) is 12.1 Å². The highest BCUT2D eigenvalue weighted by atomic mass is 19.1. The maximum absolute atomic E-state index is 12.8. The Bertz CT molecular complexity index is 587. The van der Waals surface area contributed by atoms with Gasteiger partial charge in [-0.3, -0.25) is 0 Å². The fraction of sp³-hybridized carbons (Fsp3) is 0.154. The Kier molecular flexibility index (Phi) is 3.70. The molecule has 0 aliphatic rings. The lowest BCUT2D eigenvalue weighted by molar-refractivity contribution is -0.390. The molecule has 0 unspecified atom stereocenters. The van der Waals surface area contributed by atoms with Crippen molar-refractivity contribution in [2.24, 2.45) is 0 Å². The molecule has 6 heteroatoms. The van der Waals surface area contributed by atoms with Crippen LogP contribution in [-0.2, 0) is 0 Å². The summed E-state index contributed by atoms with van der Waals surface area (Å²) < 4.78 is 18.3. The van der Waals surface area contributed by atoms with Crippen molar-refractivity contribution in [1.29, 1.82) is 0 Å². The Morgan fingerprint density at radius 1 is 1.32 bits per heavy atom. The standard InChI is InChI=1S/C13H11FN2O3/c1-9(10-4-6-11(14)7-5-10)19-12-3-2-8-15-13(12)16(17)18/h2-9H,1H3/t9-/m1/s1. The molecule has 0 aliphatic heterocycles. The highest BCUT2D eigenvalue weighted by Crippen LogP contribution is 2.28. The van der Waals surface area contributed by atoms with Gasteiger partial charge in [-0.15, -0.1) is 0 Å². The largest absolute Gasteiger partial charge is 0.478 e. The van der Waals surface area contributed by atoms with E-state index < -0.39 is 11.0 Å². The highest BCUT2D eigenvalue weighted by molar-refractivity contribution is 5.39. The molecule has 0 saturated heterocycles. The third kappa shape index (κ3) is 3.04. The first-order chi connectivity index (χ1) is 9.08. The summed E-state index contributed by atoms with van der Waals surface area (Å²) in [6.45, 7) is 1.73. The lowest BCUT2D eigenvalue weighted by atomic mass is 10.1. The van der Waals surface area contributed by atoms with E-state index in [0.29, 0.717) is 0 Å². The van der Waals surface area contributed by atoms with Crippen LogP contribution < -0.4 is 4.74 Å². The summed E-state index contributed by atoms with van der Waals surface area (Å²) in [7, 11) is 0. The van der Waals surface area contributed by atoms with Crippen molar-refractivity contribution in [3.63, 3.8) is 0 Å². The van der Waals surface area contributed by atoms with Crippen molar-refractivity contribution < 1.29 is 14.1 Å². The minimum absolute atomic E-state index is 0.0873. The number of hydrogen-bond donors (Lipinski definition) is 0. The molecule has 2 rings (SSSR count). The molecule has 0 bridgehead atoms. The van der Waals surface area contributed by atoms with Crippen molar-refractivity contribution in [2.75, 3.05) is 0 Å². The van der Waals surface area contributed by atoms with Gasteiger partial charge in [-0.25, -0.2) is 4.39 Å². The first-order valence-corrected chi connectivity index (χ1v) is 5.59. The lowest BCUT2D eigenvalue weighted by Crippen LogP contribution is -2.05. The van der Waals surface area contributed by atoms with Gasteiger partial charge >= 0.3 is 5.82 Å². The Hall–Kier alpha value is -2.50. The van der Waals surface area contributed by atoms with Crippen molar-refractivity contribution >= 4 is 5.82 Å². The fourth-order valence-corrected chi connectivity index (χ4v) is 1.60. The molecule has 0 aliphatic carbocycles. The zero-order chi connectivity index (χ0) is 13.8. The smallest absolute Gasteiger partial charge is 0.406 e. The van der Waals surface area contributed by atoms with Crippen LogP contribution in [0, 0.1) is 15.9 Å². The van der Waals surface area contributed by atoms with Gasteiger partial charge < -0.3 is 14.9 Å². The van der Waals surface area contributed by atoms with Crippen molar-refractivity contribution in [3.05, 3.63) is 64.1 Å². The van der Waals surface area contributed by atoms with Gasteiger partial charge in [0.25, 0.3) is 0 Å². The monoisotopic (exact) mass is 262 g/mol. The molecule has 2 aromatic rings. The zero-order valence-electron chi connectivity index (χ0n) is 10.1. The highest BCUT2D eigenvalue weighted by Gasteiger charge is 2.18. The van der Waals surface area contributed by atoms with Crippen LogP contribution in [0.25, 0.3) is 0 Å². The van der Waals surface area contributed by atoms with Gasteiger partial charge in [0.1, 0.15) is 18.1 Å². The first kappa shape index (κ1) is 12.9. The summed E-state index contributed by atoms with van der Waals surface area (Å²) in [5.41, 5.74) is 0.722. The zero-order valence-corrected chi connectivity index (χ0v) is 10.1. The molecule has 1 aromatic heterocycles. The molecule has 0 N–H and O–H groups in total.